The van der Waals surface area contributed by atoms with Crippen LogP contribution in [0.3, 0.4) is 0 Å². The van der Waals surface area contributed by atoms with Crippen LogP contribution >= 0.6 is 0 Å². The highest BCUT2D eigenvalue weighted by atomic mass is 32.2. The second-order valence-electron chi connectivity index (χ2n) is 7.08. The van der Waals surface area contributed by atoms with Crippen LogP contribution in [0.1, 0.15) is 96.0 Å². The summed E-state index contributed by atoms with van der Waals surface area (Å²) >= 11 is 0. The van der Waals surface area contributed by atoms with Crippen molar-refractivity contribution >= 4 is 10.1 Å². The summed E-state index contributed by atoms with van der Waals surface area (Å²) in [6.07, 6.45) is 13.5. The van der Waals surface area contributed by atoms with Crippen LogP contribution in [0.15, 0.2) is 16.5 Å². The van der Waals surface area contributed by atoms with E-state index in [1.54, 1.807) is 12.1 Å². The fourth-order valence-electron chi connectivity index (χ4n) is 3.04. The maximum Gasteiger partial charge on any atom is 0.272 e. The minimum absolute atomic E-state index is 0.226. The fraction of sp³-hybridized carbons (Fsp3) is 0.800. The quantitative estimate of drug-likeness (QED) is 0.282. The van der Waals surface area contributed by atoms with E-state index in [1.165, 1.54) is 57.8 Å². The molecule has 0 aliphatic rings. The monoisotopic (exact) mass is 388 g/mol. The molecule has 1 atom stereocenters. The van der Waals surface area contributed by atoms with Crippen molar-refractivity contribution in [1.29, 1.82) is 0 Å². The lowest BCUT2D eigenvalue weighted by molar-refractivity contribution is 0.0171. The summed E-state index contributed by atoms with van der Waals surface area (Å²) in [6.45, 7) is 4.78. The molecule has 0 bridgehead atoms. The first kappa shape index (κ1) is 23.2. The summed E-state index contributed by atoms with van der Waals surface area (Å²) in [5, 5.41) is 0. The fourth-order valence-corrected chi connectivity index (χ4v) is 3.56. The molecule has 0 radical (unpaired) electrons. The first-order chi connectivity index (χ1) is 12.4. The molecule has 0 aromatic carbocycles. The molecule has 152 valence electrons. The van der Waals surface area contributed by atoms with Crippen molar-refractivity contribution in [3.63, 3.8) is 0 Å². The van der Waals surface area contributed by atoms with Crippen LogP contribution in [0.4, 0.5) is 0 Å². The molecule has 0 spiro atoms. The molecule has 0 saturated carbocycles. The van der Waals surface area contributed by atoms with Crippen LogP contribution in [0, 0.1) is 0 Å². The number of hydrogen-bond acceptors (Lipinski definition) is 4. The van der Waals surface area contributed by atoms with Crippen molar-refractivity contribution < 1.29 is 22.1 Å². The molecule has 0 aliphatic carbocycles. The lowest BCUT2D eigenvalue weighted by atomic mass is 10.0. The van der Waals surface area contributed by atoms with Gasteiger partial charge in [0.1, 0.15) is 23.9 Å². The van der Waals surface area contributed by atoms with Crippen molar-refractivity contribution in [2.75, 3.05) is 0 Å². The molecule has 6 heteroatoms. The van der Waals surface area contributed by atoms with Gasteiger partial charge in [0.15, 0.2) is 0 Å². The van der Waals surface area contributed by atoms with E-state index in [1.807, 2.05) is 0 Å². The van der Waals surface area contributed by atoms with Crippen LogP contribution < -0.4 is 0 Å². The molecule has 0 saturated heterocycles. The topological polar surface area (TPSA) is 76.7 Å². The second kappa shape index (κ2) is 13.3. The van der Waals surface area contributed by atoms with Crippen molar-refractivity contribution in [3.05, 3.63) is 23.7 Å². The molecule has 0 aliphatic heterocycles. The molecule has 1 rings (SSSR count). The van der Waals surface area contributed by atoms with Crippen molar-refractivity contribution in [2.45, 2.75) is 103 Å². The number of rotatable bonds is 16. The average molecular weight is 389 g/mol. The van der Waals surface area contributed by atoms with Gasteiger partial charge in [0.25, 0.3) is 10.1 Å². The van der Waals surface area contributed by atoms with E-state index in [0.29, 0.717) is 12.4 Å². The first-order valence-corrected chi connectivity index (χ1v) is 11.7. The number of ether oxygens (including phenoxy) is 1. The van der Waals surface area contributed by atoms with E-state index in [2.05, 4.69) is 13.8 Å². The van der Waals surface area contributed by atoms with E-state index < -0.39 is 15.9 Å². The van der Waals surface area contributed by atoms with E-state index in [9.17, 15) is 8.42 Å². The Labute approximate surface area is 159 Å². The Hall–Kier alpha value is -0.850. The molecular weight excluding hydrogens is 352 g/mol. The summed E-state index contributed by atoms with van der Waals surface area (Å²) in [6, 6.07) is 3.30. The molecule has 5 nitrogen and oxygen atoms in total. The lowest BCUT2D eigenvalue weighted by Gasteiger charge is -2.17. The molecule has 26 heavy (non-hydrogen) atoms. The van der Waals surface area contributed by atoms with Crippen molar-refractivity contribution in [1.82, 2.24) is 0 Å². The first-order valence-electron chi connectivity index (χ1n) is 10.1. The summed E-state index contributed by atoms with van der Waals surface area (Å²) < 4.78 is 42.2. The highest BCUT2D eigenvalue weighted by Crippen LogP contribution is 2.19. The van der Waals surface area contributed by atoms with Gasteiger partial charge in [-0.25, -0.2) is 0 Å². The van der Waals surface area contributed by atoms with E-state index >= 15 is 0 Å². The predicted molar refractivity (Wildman–Crippen MR) is 105 cm³/mol. The third-order valence-electron chi connectivity index (χ3n) is 4.51. The molecule has 1 aromatic heterocycles. The Balaban J connectivity index is 2.42. The van der Waals surface area contributed by atoms with Gasteiger partial charge in [-0.2, -0.15) is 8.42 Å². The smallest absolute Gasteiger partial charge is 0.272 e. The Morgan fingerprint density at radius 3 is 2.04 bits per heavy atom. The Morgan fingerprint density at radius 1 is 0.923 bits per heavy atom. The van der Waals surface area contributed by atoms with Gasteiger partial charge in [0.05, 0.1) is 6.10 Å². The van der Waals surface area contributed by atoms with Crippen molar-refractivity contribution in [2.24, 2.45) is 0 Å². The second-order valence-corrected chi connectivity index (χ2v) is 8.53. The van der Waals surface area contributed by atoms with Gasteiger partial charge in [0.2, 0.25) is 0 Å². The van der Waals surface area contributed by atoms with Gasteiger partial charge >= 0.3 is 0 Å². The number of hydrogen-bond donors (Lipinski definition) is 1. The molecule has 1 heterocycles. The largest absolute Gasteiger partial charge is 0.462 e. The van der Waals surface area contributed by atoms with E-state index in [-0.39, 0.29) is 11.9 Å². The zero-order chi connectivity index (χ0) is 19.3. The van der Waals surface area contributed by atoms with Crippen LogP contribution in [-0.2, 0) is 27.2 Å². The maximum absolute atomic E-state index is 10.9. The van der Waals surface area contributed by atoms with Crippen LogP contribution in [0.2, 0.25) is 0 Å². The van der Waals surface area contributed by atoms with Crippen molar-refractivity contribution in [3.8, 4) is 0 Å². The van der Waals surface area contributed by atoms with Gasteiger partial charge in [-0.05, 0) is 25.0 Å². The third-order valence-corrected chi connectivity index (χ3v) is 5.16. The van der Waals surface area contributed by atoms with E-state index in [0.717, 1.165) is 12.8 Å². The van der Waals surface area contributed by atoms with Gasteiger partial charge < -0.3 is 9.15 Å². The lowest BCUT2D eigenvalue weighted by Crippen LogP contribution is -2.13. The Morgan fingerprint density at radius 2 is 1.46 bits per heavy atom. The van der Waals surface area contributed by atoms with Crippen LogP contribution in [0.25, 0.3) is 0 Å². The van der Waals surface area contributed by atoms with Crippen LogP contribution in [0.5, 0.6) is 0 Å². The summed E-state index contributed by atoms with van der Waals surface area (Å²) in [5.41, 5.74) is 0. The SMILES string of the molecule is CCCCCCCC(CCCCCC)OCc1ccc(CS(=O)(=O)O)o1. The summed E-state index contributed by atoms with van der Waals surface area (Å²) in [7, 11) is -4.07. The molecule has 0 fully saturated rings. The van der Waals surface area contributed by atoms with Gasteiger partial charge in [0, 0.05) is 0 Å². The highest BCUT2D eigenvalue weighted by Gasteiger charge is 2.13. The van der Waals surface area contributed by atoms with Crippen LogP contribution in [-0.4, -0.2) is 19.1 Å². The Bertz CT molecular complexity index is 565. The summed E-state index contributed by atoms with van der Waals surface area (Å²) in [4.78, 5) is 0. The minimum Gasteiger partial charge on any atom is -0.462 e. The molecule has 1 N–H and O–H groups in total. The Kier molecular flexibility index (Phi) is 11.9. The molecule has 1 unspecified atom stereocenters. The standard InChI is InChI=1S/C20H36O5S/c1-3-5-7-9-11-13-18(12-10-8-6-4-2)24-16-19-14-15-20(25-19)17-26(21,22)23/h14-15,18H,3-13,16-17H2,1-2H3,(H,21,22,23). The van der Waals surface area contributed by atoms with Gasteiger partial charge in [-0.3, -0.25) is 4.55 Å². The normalized spacial score (nSPS) is 13.2. The zero-order valence-corrected chi connectivity index (χ0v) is 17.2. The molecule has 0 amide bonds. The number of furan rings is 1. The average Bonchev–Trinajstić information content (AvgIpc) is 3.01. The third kappa shape index (κ3) is 11.7. The summed E-state index contributed by atoms with van der Waals surface area (Å²) in [5.74, 6) is 0.351. The molecule has 1 aromatic rings. The molecular formula is C20H36O5S. The predicted octanol–water partition coefficient (Wildman–Crippen LogP) is 5.88. The van der Waals surface area contributed by atoms with E-state index in [4.69, 9.17) is 13.7 Å². The minimum atomic E-state index is -4.07. The maximum atomic E-state index is 10.9. The van der Waals surface area contributed by atoms with Gasteiger partial charge in [-0.15, -0.1) is 0 Å². The number of unbranched alkanes of at least 4 members (excludes halogenated alkanes) is 7. The highest BCUT2D eigenvalue weighted by molar-refractivity contribution is 7.84. The van der Waals surface area contributed by atoms with Gasteiger partial charge in [-0.1, -0.05) is 71.6 Å². The zero-order valence-electron chi connectivity index (χ0n) is 16.4.